The van der Waals surface area contributed by atoms with Crippen molar-refractivity contribution in [2.75, 3.05) is 6.61 Å². The SMILES string of the molecule is CCCCCCCCCC/C=C/C(CO)CCCCC(=O)O. The number of aliphatic carboxylic acids is 1. The molecule has 0 bridgehead atoms. The molecule has 0 heterocycles. The maximum absolute atomic E-state index is 10.4. The Morgan fingerprint density at radius 2 is 1.59 bits per heavy atom. The second-order valence-electron chi connectivity index (χ2n) is 6.27. The van der Waals surface area contributed by atoms with E-state index in [0.717, 1.165) is 19.3 Å². The predicted octanol–water partition coefficient (Wildman–Crippen LogP) is 5.33. The van der Waals surface area contributed by atoms with Crippen LogP contribution in [0.2, 0.25) is 0 Å². The first kappa shape index (κ1) is 21.2. The molecule has 0 saturated heterocycles. The Labute approximate surface area is 136 Å². The summed E-state index contributed by atoms with van der Waals surface area (Å²) in [5, 5.41) is 17.9. The maximum Gasteiger partial charge on any atom is 0.303 e. The van der Waals surface area contributed by atoms with Gasteiger partial charge >= 0.3 is 5.97 Å². The lowest BCUT2D eigenvalue weighted by atomic mass is 10.0. The van der Waals surface area contributed by atoms with Crippen LogP contribution in [0.4, 0.5) is 0 Å². The van der Waals surface area contributed by atoms with Crippen LogP contribution in [0.5, 0.6) is 0 Å². The molecule has 1 unspecified atom stereocenters. The van der Waals surface area contributed by atoms with Crippen LogP contribution in [0.25, 0.3) is 0 Å². The molecule has 0 saturated carbocycles. The van der Waals surface area contributed by atoms with E-state index in [9.17, 15) is 9.90 Å². The van der Waals surface area contributed by atoms with Gasteiger partial charge in [0.05, 0.1) is 0 Å². The smallest absolute Gasteiger partial charge is 0.303 e. The lowest BCUT2D eigenvalue weighted by molar-refractivity contribution is -0.137. The standard InChI is InChI=1S/C19H36O3/c1-2-3-4-5-6-7-8-9-10-11-14-18(17-20)15-12-13-16-19(21)22/h11,14,18,20H,2-10,12-13,15-17H2,1H3,(H,21,22)/b14-11+. The Morgan fingerprint density at radius 3 is 2.18 bits per heavy atom. The minimum absolute atomic E-state index is 0.168. The molecule has 0 aromatic rings. The van der Waals surface area contributed by atoms with Crippen molar-refractivity contribution in [2.45, 2.75) is 90.4 Å². The molecule has 0 aliphatic carbocycles. The third-order valence-electron chi connectivity index (χ3n) is 4.08. The van der Waals surface area contributed by atoms with E-state index in [1.54, 1.807) is 0 Å². The van der Waals surface area contributed by atoms with E-state index in [4.69, 9.17) is 5.11 Å². The number of carbonyl (C=O) groups is 1. The van der Waals surface area contributed by atoms with E-state index in [-0.39, 0.29) is 18.9 Å². The normalized spacial score (nSPS) is 12.8. The first-order chi connectivity index (χ1) is 10.7. The second kappa shape index (κ2) is 16.5. The molecule has 0 aliphatic rings. The van der Waals surface area contributed by atoms with Gasteiger partial charge in [0.1, 0.15) is 0 Å². The van der Waals surface area contributed by atoms with Crippen molar-refractivity contribution in [3.8, 4) is 0 Å². The zero-order valence-corrected chi connectivity index (χ0v) is 14.4. The Kier molecular flexibility index (Phi) is 15.9. The van der Waals surface area contributed by atoms with Gasteiger partial charge in [-0.3, -0.25) is 4.79 Å². The Morgan fingerprint density at radius 1 is 0.955 bits per heavy atom. The largest absolute Gasteiger partial charge is 0.481 e. The summed E-state index contributed by atoms with van der Waals surface area (Å²) in [5.41, 5.74) is 0. The van der Waals surface area contributed by atoms with Crippen molar-refractivity contribution in [3.63, 3.8) is 0 Å². The van der Waals surface area contributed by atoms with Gasteiger partial charge in [-0.15, -0.1) is 0 Å². The average molecular weight is 312 g/mol. The molecule has 0 aromatic carbocycles. The molecular formula is C19H36O3. The van der Waals surface area contributed by atoms with Gasteiger partial charge in [-0.25, -0.2) is 0 Å². The molecule has 3 nitrogen and oxygen atoms in total. The van der Waals surface area contributed by atoms with Crippen LogP contribution in [0, 0.1) is 5.92 Å². The van der Waals surface area contributed by atoms with Crippen molar-refractivity contribution >= 4 is 5.97 Å². The van der Waals surface area contributed by atoms with Crippen molar-refractivity contribution < 1.29 is 15.0 Å². The molecule has 2 N–H and O–H groups in total. The number of unbranched alkanes of at least 4 members (excludes halogenated alkanes) is 9. The quantitative estimate of drug-likeness (QED) is 0.299. The molecule has 0 aromatic heterocycles. The molecule has 0 spiro atoms. The van der Waals surface area contributed by atoms with Crippen LogP contribution in [0.3, 0.4) is 0 Å². The van der Waals surface area contributed by atoms with Crippen molar-refractivity contribution in [3.05, 3.63) is 12.2 Å². The van der Waals surface area contributed by atoms with E-state index < -0.39 is 5.97 Å². The highest BCUT2D eigenvalue weighted by Crippen LogP contribution is 2.13. The zero-order chi connectivity index (χ0) is 16.5. The molecule has 22 heavy (non-hydrogen) atoms. The highest BCUT2D eigenvalue weighted by Gasteiger charge is 2.04. The summed E-state index contributed by atoms with van der Waals surface area (Å²) in [6, 6.07) is 0. The van der Waals surface area contributed by atoms with Crippen molar-refractivity contribution in [1.29, 1.82) is 0 Å². The third kappa shape index (κ3) is 15.6. The average Bonchev–Trinajstić information content (AvgIpc) is 2.50. The lowest BCUT2D eigenvalue weighted by Crippen LogP contribution is -2.03. The minimum atomic E-state index is -0.731. The monoisotopic (exact) mass is 312 g/mol. The van der Waals surface area contributed by atoms with Gasteiger partial charge in [0, 0.05) is 13.0 Å². The van der Waals surface area contributed by atoms with Gasteiger partial charge in [0.25, 0.3) is 0 Å². The summed E-state index contributed by atoms with van der Waals surface area (Å²) in [4.78, 5) is 10.4. The maximum atomic E-state index is 10.4. The van der Waals surface area contributed by atoms with Crippen molar-refractivity contribution in [1.82, 2.24) is 0 Å². The molecule has 0 radical (unpaired) electrons. The van der Waals surface area contributed by atoms with Gasteiger partial charge in [-0.05, 0) is 31.6 Å². The predicted molar refractivity (Wildman–Crippen MR) is 93.0 cm³/mol. The summed E-state index contributed by atoms with van der Waals surface area (Å²) in [5.74, 6) is -0.534. The molecule has 3 heteroatoms. The van der Waals surface area contributed by atoms with Gasteiger partial charge in [0.2, 0.25) is 0 Å². The number of aliphatic hydroxyl groups excluding tert-OH is 1. The summed E-state index contributed by atoms with van der Waals surface area (Å²) in [7, 11) is 0. The fraction of sp³-hybridized carbons (Fsp3) is 0.842. The highest BCUT2D eigenvalue weighted by atomic mass is 16.4. The fourth-order valence-electron chi connectivity index (χ4n) is 2.62. The number of hydrogen-bond donors (Lipinski definition) is 2. The van der Waals surface area contributed by atoms with Gasteiger partial charge in [-0.1, -0.05) is 70.4 Å². The Bertz CT molecular complexity index is 274. The van der Waals surface area contributed by atoms with E-state index in [1.165, 1.54) is 51.4 Å². The number of carboxylic acids is 1. The lowest BCUT2D eigenvalue weighted by Gasteiger charge is -2.08. The van der Waals surface area contributed by atoms with E-state index in [2.05, 4.69) is 19.1 Å². The molecule has 0 fully saturated rings. The van der Waals surface area contributed by atoms with Crippen LogP contribution in [0.1, 0.15) is 90.4 Å². The van der Waals surface area contributed by atoms with Crippen LogP contribution >= 0.6 is 0 Å². The van der Waals surface area contributed by atoms with E-state index in [1.807, 2.05) is 0 Å². The molecular weight excluding hydrogens is 276 g/mol. The molecule has 1 atom stereocenters. The Hall–Kier alpha value is -0.830. The number of allylic oxidation sites excluding steroid dienone is 1. The Balaban J connectivity index is 3.45. The van der Waals surface area contributed by atoms with Gasteiger partial charge in [0.15, 0.2) is 0 Å². The zero-order valence-electron chi connectivity index (χ0n) is 14.4. The number of hydrogen-bond acceptors (Lipinski definition) is 2. The minimum Gasteiger partial charge on any atom is -0.481 e. The van der Waals surface area contributed by atoms with Crippen LogP contribution in [0.15, 0.2) is 12.2 Å². The molecule has 0 amide bonds. The highest BCUT2D eigenvalue weighted by molar-refractivity contribution is 5.66. The van der Waals surface area contributed by atoms with Crippen LogP contribution in [-0.4, -0.2) is 22.8 Å². The van der Waals surface area contributed by atoms with Gasteiger partial charge < -0.3 is 10.2 Å². The molecule has 130 valence electrons. The summed E-state index contributed by atoms with van der Waals surface area (Å²) >= 11 is 0. The van der Waals surface area contributed by atoms with Crippen LogP contribution in [-0.2, 0) is 4.79 Å². The number of rotatable bonds is 16. The van der Waals surface area contributed by atoms with E-state index >= 15 is 0 Å². The van der Waals surface area contributed by atoms with Crippen molar-refractivity contribution in [2.24, 2.45) is 5.92 Å². The fourth-order valence-corrected chi connectivity index (χ4v) is 2.62. The van der Waals surface area contributed by atoms with Gasteiger partial charge in [-0.2, -0.15) is 0 Å². The number of carboxylic acid groups (broad SMARTS) is 1. The first-order valence-corrected chi connectivity index (χ1v) is 9.20. The van der Waals surface area contributed by atoms with E-state index in [0.29, 0.717) is 6.42 Å². The summed E-state index contributed by atoms with van der Waals surface area (Å²) < 4.78 is 0. The van der Waals surface area contributed by atoms with Crippen LogP contribution < -0.4 is 0 Å². The molecule has 0 aliphatic heterocycles. The summed E-state index contributed by atoms with van der Waals surface area (Å²) in [6.07, 6.45) is 18.8. The summed E-state index contributed by atoms with van der Waals surface area (Å²) in [6.45, 7) is 2.42. The topological polar surface area (TPSA) is 57.5 Å². The second-order valence-corrected chi connectivity index (χ2v) is 6.27. The third-order valence-corrected chi connectivity index (χ3v) is 4.08. The molecule has 0 rings (SSSR count). The number of aliphatic hydroxyl groups is 1. The first-order valence-electron chi connectivity index (χ1n) is 9.20.